The smallest absolute Gasteiger partial charge is 0.348 e. The molecule has 0 unspecified atom stereocenters. The molecule has 3 heteroatoms. The van der Waals surface area contributed by atoms with E-state index in [1.54, 1.807) is 13.0 Å². The van der Waals surface area contributed by atoms with Gasteiger partial charge in [-0.1, -0.05) is 48.5 Å². The van der Waals surface area contributed by atoms with Crippen LogP contribution in [0.4, 0.5) is 0 Å². The van der Waals surface area contributed by atoms with E-state index in [2.05, 4.69) is 0 Å². The quantitative estimate of drug-likeness (QED) is 0.485. The highest BCUT2D eigenvalue weighted by atomic mass is 16.5. The average molecular weight is 277 g/mol. The lowest BCUT2D eigenvalue weighted by Gasteiger charge is -2.04. The lowest BCUT2D eigenvalue weighted by atomic mass is 10.0. The van der Waals surface area contributed by atoms with Crippen molar-refractivity contribution in [2.75, 3.05) is 6.61 Å². The van der Waals surface area contributed by atoms with Gasteiger partial charge in [0.1, 0.15) is 11.6 Å². The highest BCUT2D eigenvalue weighted by Gasteiger charge is 2.09. The van der Waals surface area contributed by atoms with Crippen LogP contribution in [0, 0.1) is 11.3 Å². The summed E-state index contributed by atoms with van der Waals surface area (Å²) in [5, 5.41) is 9.05. The Bertz CT molecular complexity index is 697. The number of benzene rings is 2. The number of carbonyl (C=O) groups excluding carboxylic acids is 1. The molecular weight excluding hydrogens is 262 g/mol. The van der Waals surface area contributed by atoms with E-state index in [0.717, 1.165) is 16.7 Å². The van der Waals surface area contributed by atoms with Crippen LogP contribution in [0.15, 0.2) is 60.2 Å². The molecule has 0 heterocycles. The zero-order chi connectivity index (χ0) is 15.1. The Labute approximate surface area is 124 Å². The van der Waals surface area contributed by atoms with Gasteiger partial charge in [0.2, 0.25) is 0 Å². The molecule has 0 atom stereocenters. The minimum absolute atomic E-state index is 0.00191. The fourth-order valence-electron chi connectivity index (χ4n) is 1.95. The molecule has 0 aliphatic carbocycles. The molecule has 3 nitrogen and oxygen atoms in total. The number of nitriles is 1. The zero-order valence-corrected chi connectivity index (χ0v) is 11.7. The van der Waals surface area contributed by atoms with Crippen molar-refractivity contribution in [3.05, 3.63) is 65.7 Å². The maximum atomic E-state index is 11.6. The Balaban J connectivity index is 2.33. The first-order valence-electron chi connectivity index (χ1n) is 6.69. The molecule has 0 aliphatic rings. The summed E-state index contributed by atoms with van der Waals surface area (Å²) in [5.74, 6) is -0.592. The summed E-state index contributed by atoms with van der Waals surface area (Å²) in [4.78, 5) is 11.6. The van der Waals surface area contributed by atoms with E-state index in [0.29, 0.717) is 0 Å². The molecule has 0 saturated heterocycles. The fourth-order valence-corrected chi connectivity index (χ4v) is 1.95. The van der Waals surface area contributed by atoms with Gasteiger partial charge in [-0.2, -0.15) is 5.26 Å². The van der Waals surface area contributed by atoms with Gasteiger partial charge in [-0.3, -0.25) is 0 Å². The molecule has 2 aromatic carbocycles. The van der Waals surface area contributed by atoms with E-state index in [4.69, 9.17) is 10.00 Å². The normalized spacial score (nSPS) is 10.8. The molecule has 2 rings (SSSR count). The van der Waals surface area contributed by atoms with E-state index in [-0.39, 0.29) is 12.2 Å². The van der Waals surface area contributed by atoms with Crippen molar-refractivity contribution in [2.45, 2.75) is 6.92 Å². The molecule has 0 aliphatic heterocycles. The standard InChI is InChI=1S/C18H15NO2/c1-2-21-18(20)17(13-19)12-14-7-6-10-16(11-14)15-8-4-3-5-9-15/h3-12H,2H2,1H3/b17-12+. The van der Waals surface area contributed by atoms with Crippen LogP contribution in [0.2, 0.25) is 0 Å². The van der Waals surface area contributed by atoms with E-state index >= 15 is 0 Å². The molecule has 0 amide bonds. The van der Waals surface area contributed by atoms with E-state index in [9.17, 15) is 4.79 Å². The minimum Gasteiger partial charge on any atom is -0.462 e. The fraction of sp³-hybridized carbons (Fsp3) is 0.111. The molecule has 0 N–H and O–H groups in total. The molecule has 0 spiro atoms. The van der Waals surface area contributed by atoms with Gasteiger partial charge in [-0.25, -0.2) is 4.79 Å². The maximum absolute atomic E-state index is 11.6. The Morgan fingerprint density at radius 2 is 1.86 bits per heavy atom. The minimum atomic E-state index is -0.592. The molecule has 0 radical (unpaired) electrons. The third-order valence-electron chi connectivity index (χ3n) is 2.92. The van der Waals surface area contributed by atoms with Gasteiger partial charge >= 0.3 is 5.97 Å². The number of ether oxygens (including phenoxy) is 1. The predicted molar refractivity (Wildman–Crippen MR) is 82.1 cm³/mol. The van der Waals surface area contributed by atoms with Crippen LogP contribution in [0.25, 0.3) is 17.2 Å². The first kappa shape index (κ1) is 14.5. The van der Waals surface area contributed by atoms with Gasteiger partial charge < -0.3 is 4.74 Å². The lowest BCUT2D eigenvalue weighted by molar-refractivity contribution is -0.137. The van der Waals surface area contributed by atoms with Crippen LogP contribution >= 0.6 is 0 Å². The number of hydrogen-bond acceptors (Lipinski definition) is 3. The van der Waals surface area contributed by atoms with Gasteiger partial charge in [0.15, 0.2) is 0 Å². The topological polar surface area (TPSA) is 50.1 Å². The monoisotopic (exact) mass is 277 g/mol. The summed E-state index contributed by atoms with van der Waals surface area (Å²) in [6, 6.07) is 19.5. The second-order valence-corrected chi connectivity index (χ2v) is 4.38. The van der Waals surface area contributed by atoms with Gasteiger partial charge in [0, 0.05) is 0 Å². The summed E-state index contributed by atoms with van der Waals surface area (Å²) in [5.41, 5.74) is 2.91. The van der Waals surface area contributed by atoms with Gasteiger partial charge in [0.25, 0.3) is 0 Å². The summed E-state index contributed by atoms with van der Waals surface area (Å²) < 4.78 is 4.85. The molecule has 0 bridgehead atoms. The number of carbonyl (C=O) groups is 1. The molecule has 0 aromatic heterocycles. The summed E-state index contributed by atoms with van der Waals surface area (Å²) in [7, 11) is 0. The summed E-state index contributed by atoms with van der Waals surface area (Å²) in [6.07, 6.45) is 1.55. The van der Waals surface area contributed by atoms with E-state index < -0.39 is 5.97 Å². The van der Waals surface area contributed by atoms with Gasteiger partial charge in [0.05, 0.1) is 6.61 Å². The van der Waals surface area contributed by atoms with Crippen LogP contribution in [0.1, 0.15) is 12.5 Å². The average Bonchev–Trinajstić information content (AvgIpc) is 2.54. The molecule has 0 saturated carbocycles. The number of nitrogens with zero attached hydrogens (tertiary/aromatic N) is 1. The molecule has 104 valence electrons. The highest BCUT2D eigenvalue weighted by molar-refractivity contribution is 5.98. The molecule has 21 heavy (non-hydrogen) atoms. The Kier molecular flexibility index (Phi) is 4.89. The van der Waals surface area contributed by atoms with Crippen LogP contribution in [0.3, 0.4) is 0 Å². The summed E-state index contributed by atoms with van der Waals surface area (Å²) in [6.45, 7) is 1.96. The van der Waals surface area contributed by atoms with Crippen molar-refractivity contribution in [3.63, 3.8) is 0 Å². The van der Waals surface area contributed by atoms with Crippen LogP contribution in [-0.4, -0.2) is 12.6 Å². The zero-order valence-electron chi connectivity index (χ0n) is 11.7. The van der Waals surface area contributed by atoms with Crippen LogP contribution in [-0.2, 0) is 9.53 Å². The van der Waals surface area contributed by atoms with Crippen molar-refractivity contribution in [1.29, 1.82) is 5.26 Å². The highest BCUT2D eigenvalue weighted by Crippen LogP contribution is 2.21. The Morgan fingerprint density at radius 1 is 1.14 bits per heavy atom. The lowest BCUT2D eigenvalue weighted by Crippen LogP contribution is -2.05. The van der Waals surface area contributed by atoms with Crippen molar-refractivity contribution in [1.82, 2.24) is 0 Å². The Morgan fingerprint density at radius 3 is 2.52 bits per heavy atom. The molecule has 2 aromatic rings. The number of esters is 1. The van der Waals surface area contributed by atoms with E-state index in [1.165, 1.54) is 0 Å². The molecule has 0 fully saturated rings. The van der Waals surface area contributed by atoms with Crippen molar-refractivity contribution in [2.24, 2.45) is 0 Å². The predicted octanol–water partition coefficient (Wildman–Crippen LogP) is 3.82. The van der Waals surface area contributed by atoms with Gasteiger partial charge in [-0.15, -0.1) is 0 Å². The number of hydrogen-bond donors (Lipinski definition) is 0. The second kappa shape index (κ2) is 7.06. The first-order valence-corrected chi connectivity index (χ1v) is 6.69. The SMILES string of the molecule is CCOC(=O)/C(C#N)=C/c1cccc(-c2ccccc2)c1. The van der Waals surface area contributed by atoms with Crippen LogP contribution in [0.5, 0.6) is 0 Å². The number of rotatable bonds is 4. The van der Waals surface area contributed by atoms with Crippen molar-refractivity contribution in [3.8, 4) is 17.2 Å². The maximum Gasteiger partial charge on any atom is 0.348 e. The van der Waals surface area contributed by atoms with Crippen molar-refractivity contribution >= 4 is 12.0 Å². The third kappa shape index (κ3) is 3.80. The third-order valence-corrected chi connectivity index (χ3v) is 2.92. The van der Waals surface area contributed by atoms with Crippen molar-refractivity contribution < 1.29 is 9.53 Å². The summed E-state index contributed by atoms with van der Waals surface area (Å²) >= 11 is 0. The molecular formula is C18H15NO2. The largest absolute Gasteiger partial charge is 0.462 e. The first-order chi connectivity index (χ1) is 10.2. The van der Waals surface area contributed by atoms with Gasteiger partial charge in [-0.05, 0) is 35.8 Å². The van der Waals surface area contributed by atoms with E-state index in [1.807, 2.05) is 60.7 Å². The second-order valence-electron chi connectivity index (χ2n) is 4.38. The van der Waals surface area contributed by atoms with Crippen LogP contribution < -0.4 is 0 Å². The Hall–Kier alpha value is -2.86.